The third-order valence-electron chi connectivity index (χ3n) is 4.22. The molecule has 7 nitrogen and oxygen atoms in total. The number of ether oxygens (including phenoxy) is 2. The molecule has 0 aliphatic rings. The molecule has 2 rings (SSSR count). The lowest BCUT2D eigenvalue weighted by atomic mass is 10.2. The SMILES string of the molecule is COc1ccc(NC(=O)CCCN(c2ccccc2C)S(C)(=O)=O)cc1OC. The van der Waals surface area contributed by atoms with Crippen LogP contribution in [-0.2, 0) is 14.8 Å². The van der Waals surface area contributed by atoms with Crippen molar-refractivity contribution < 1.29 is 22.7 Å². The highest BCUT2D eigenvalue weighted by molar-refractivity contribution is 7.92. The van der Waals surface area contributed by atoms with Crippen molar-refractivity contribution in [3.63, 3.8) is 0 Å². The van der Waals surface area contributed by atoms with Gasteiger partial charge in [-0.25, -0.2) is 8.42 Å². The summed E-state index contributed by atoms with van der Waals surface area (Å²) in [6.07, 6.45) is 1.75. The van der Waals surface area contributed by atoms with Gasteiger partial charge in [-0.3, -0.25) is 9.10 Å². The Labute approximate surface area is 166 Å². The van der Waals surface area contributed by atoms with Gasteiger partial charge in [0.15, 0.2) is 11.5 Å². The number of carbonyl (C=O) groups is 1. The van der Waals surface area contributed by atoms with E-state index in [-0.39, 0.29) is 18.9 Å². The van der Waals surface area contributed by atoms with Crippen molar-refractivity contribution in [3.05, 3.63) is 48.0 Å². The number of nitrogens with one attached hydrogen (secondary N) is 1. The van der Waals surface area contributed by atoms with E-state index >= 15 is 0 Å². The van der Waals surface area contributed by atoms with Crippen LogP contribution >= 0.6 is 0 Å². The topological polar surface area (TPSA) is 84.9 Å². The number of aryl methyl sites for hydroxylation is 1. The molecule has 0 atom stereocenters. The Morgan fingerprint density at radius 1 is 1.07 bits per heavy atom. The van der Waals surface area contributed by atoms with Gasteiger partial charge in [0.2, 0.25) is 15.9 Å². The first kappa shape index (κ1) is 21.6. The zero-order valence-corrected chi connectivity index (χ0v) is 17.4. The smallest absolute Gasteiger partial charge is 0.232 e. The largest absolute Gasteiger partial charge is 0.493 e. The molecular formula is C20H26N2O5S. The Balaban J connectivity index is 1.99. The maximum Gasteiger partial charge on any atom is 0.232 e. The molecular weight excluding hydrogens is 380 g/mol. The predicted molar refractivity (Wildman–Crippen MR) is 111 cm³/mol. The van der Waals surface area contributed by atoms with Crippen molar-refractivity contribution in [3.8, 4) is 11.5 Å². The van der Waals surface area contributed by atoms with Crippen LogP contribution in [0, 0.1) is 6.92 Å². The molecule has 0 aromatic heterocycles. The molecule has 0 aliphatic heterocycles. The number of nitrogens with zero attached hydrogens (tertiary/aromatic N) is 1. The van der Waals surface area contributed by atoms with Crippen LogP contribution in [0.5, 0.6) is 11.5 Å². The second kappa shape index (κ2) is 9.45. The summed E-state index contributed by atoms with van der Waals surface area (Å²) in [7, 11) is -0.380. The summed E-state index contributed by atoms with van der Waals surface area (Å²) >= 11 is 0. The van der Waals surface area contributed by atoms with Gasteiger partial charge in [0.25, 0.3) is 0 Å². The van der Waals surface area contributed by atoms with Crippen LogP contribution in [0.1, 0.15) is 18.4 Å². The lowest BCUT2D eigenvalue weighted by Crippen LogP contribution is -2.32. The molecule has 0 spiro atoms. The van der Waals surface area contributed by atoms with Gasteiger partial charge in [0.1, 0.15) is 0 Å². The second-order valence-corrected chi connectivity index (χ2v) is 8.25. The number of sulfonamides is 1. The summed E-state index contributed by atoms with van der Waals surface area (Å²) in [5.41, 5.74) is 2.08. The van der Waals surface area contributed by atoms with Crippen molar-refractivity contribution in [1.82, 2.24) is 0 Å². The fourth-order valence-corrected chi connectivity index (χ4v) is 3.85. The van der Waals surface area contributed by atoms with Crippen molar-refractivity contribution in [2.45, 2.75) is 19.8 Å². The summed E-state index contributed by atoms with van der Waals surface area (Å²) in [5, 5.41) is 2.79. The van der Waals surface area contributed by atoms with E-state index in [1.54, 1.807) is 30.3 Å². The average Bonchev–Trinajstić information content (AvgIpc) is 2.65. The van der Waals surface area contributed by atoms with Crippen molar-refractivity contribution in [2.75, 3.05) is 36.6 Å². The number of benzene rings is 2. The number of para-hydroxylation sites is 1. The van der Waals surface area contributed by atoms with E-state index in [0.717, 1.165) is 5.56 Å². The van der Waals surface area contributed by atoms with E-state index in [9.17, 15) is 13.2 Å². The number of carbonyl (C=O) groups excluding carboxylic acids is 1. The average molecular weight is 407 g/mol. The summed E-state index contributed by atoms with van der Waals surface area (Å²) in [6, 6.07) is 12.4. The Hall–Kier alpha value is -2.74. The molecule has 0 unspecified atom stereocenters. The number of methoxy groups -OCH3 is 2. The third-order valence-corrected chi connectivity index (χ3v) is 5.40. The molecule has 0 fully saturated rings. The zero-order valence-electron chi connectivity index (χ0n) is 16.6. The van der Waals surface area contributed by atoms with Gasteiger partial charge < -0.3 is 14.8 Å². The third kappa shape index (κ3) is 5.63. The lowest BCUT2D eigenvalue weighted by Gasteiger charge is -2.24. The molecule has 2 aromatic carbocycles. The lowest BCUT2D eigenvalue weighted by molar-refractivity contribution is -0.116. The van der Waals surface area contributed by atoms with Gasteiger partial charge in [-0.2, -0.15) is 0 Å². The van der Waals surface area contributed by atoms with Crippen molar-refractivity contribution in [1.29, 1.82) is 0 Å². The molecule has 0 heterocycles. The second-order valence-electron chi connectivity index (χ2n) is 6.34. The van der Waals surface area contributed by atoms with Gasteiger partial charge in [-0.1, -0.05) is 18.2 Å². The van der Waals surface area contributed by atoms with Gasteiger partial charge in [-0.15, -0.1) is 0 Å². The quantitative estimate of drug-likeness (QED) is 0.691. The Morgan fingerprint density at radius 3 is 2.36 bits per heavy atom. The summed E-state index contributed by atoms with van der Waals surface area (Å²) in [5.74, 6) is 0.885. The van der Waals surface area contributed by atoms with Gasteiger partial charge in [0, 0.05) is 24.7 Å². The molecule has 0 radical (unpaired) electrons. The fourth-order valence-electron chi connectivity index (χ4n) is 2.83. The highest BCUT2D eigenvalue weighted by atomic mass is 32.2. The van der Waals surface area contributed by atoms with Gasteiger partial charge in [0.05, 0.1) is 26.2 Å². The first-order chi connectivity index (χ1) is 13.3. The van der Waals surface area contributed by atoms with Crippen molar-refractivity contribution >= 4 is 27.3 Å². The van der Waals surface area contributed by atoms with Crippen LogP contribution in [0.15, 0.2) is 42.5 Å². The standard InChI is InChI=1S/C20H26N2O5S/c1-15-8-5-6-9-17(15)22(28(4,24)25)13-7-10-20(23)21-16-11-12-18(26-2)19(14-16)27-3/h5-6,8-9,11-12,14H,7,10,13H2,1-4H3,(H,21,23). The first-order valence-electron chi connectivity index (χ1n) is 8.81. The number of hydrogen-bond donors (Lipinski definition) is 1. The number of anilines is 2. The molecule has 0 saturated carbocycles. The van der Waals surface area contributed by atoms with E-state index in [1.165, 1.54) is 24.8 Å². The minimum Gasteiger partial charge on any atom is -0.493 e. The zero-order chi connectivity index (χ0) is 20.7. The van der Waals surface area contributed by atoms with Crippen LogP contribution in [0.25, 0.3) is 0 Å². The maximum atomic E-state index is 12.3. The molecule has 8 heteroatoms. The predicted octanol–water partition coefficient (Wildman–Crippen LogP) is 3.20. The van der Waals surface area contributed by atoms with Crippen LogP contribution in [-0.4, -0.2) is 41.3 Å². The van der Waals surface area contributed by atoms with Gasteiger partial charge in [-0.05, 0) is 37.1 Å². The molecule has 0 bridgehead atoms. The van der Waals surface area contributed by atoms with Crippen LogP contribution in [0.3, 0.4) is 0 Å². The van der Waals surface area contributed by atoms with Crippen molar-refractivity contribution in [2.24, 2.45) is 0 Å². The highest BCUT2D eigenvalue weighted by Gasteiger charge is 2.19. The molecule has 0 aliphatic carbocycles. The minimum atomic E-state index is -3.44. The van der Waals surface area contributed by atoms with Crippen LogP contribution in [0.2, 0.25) is 0 Å². The molecule has 28 heavy (non-hydrogen) atoms. The monoisotopic (exact) mass is 406 g/mol. The van der Waals surface area contributed by atoms with E-state index < -0.39 is 10.0 Å². The Morgan fingerprint density at radius 2 is 1.75 bits per heavy atom. The Kier molecular flexibility index (Phi) is 7.28. The van der Waals surface area contributed by atoms with Crippen LogP contribution < -0.4 is 19.1 Å². The van der Waals surface area contributed by atoms with E-state index in [1.807, 2.05) is 19.1 Å². The molecule has 0 saturated heterocycles. The van der Waals surface area contributed by atoms with E-state index in [2.05, 4.69) is 5.32 Å². The van der Waals surface area contributed by atoms with E-state index in [0.29, 0.717) is 29.3 Å². The number of hydrogen-bond acceptors (Lipinski definition) is 5. The molecule has 152 valence electrons. The minimum absolute atomic E-state index is 0.187. The Bertz CT molecular complexity index is 928. The number of rotatable bonds is 9. The molecule has 1 N–H and O–H groups in total. The summed E-state index contributed by atoms with van der Waals surface area (Å²) in [4.78, 5) is 12.3. The fraction of sp³-hybridized carbons (Fsp3) is 0.350. The molecule has 2 aromatic rings. The highest BCUT2D eigenvalue weighted by Crippen LogP contribution is 2.29. The summed E-state index contributed by atoms with van der Waals surface area (Å²) in [6.45, 7) is 2.08. The summed E-state index contributed by atoms with van der Waals surface area (Å²) < 4.78 is 36.1. The molecule has 1 amide bonds. The normalized spacial score (nSPS) is 11.0. The van der Waals surface area contributed by atoms with Gasteiger partial charge >= 0.3 is 0 Å². The van der Waals surface area contributed by atoms with E-state index in [4.69, 9.17) is 9.47 Å². The van der Waals surface area contributed by atoms with Crippen LogP contribution in [0.4, 0.5) is 11.4 Å². The maximum absolute atomic E-state index is 12.3. The first-order valence-corrected chi connectivity index (χ1v) is 10.7. The number of amides is 1.